The molecule has 176 valence electrons. The van der Waals surface area contributed by atoms with Crippen LogP contribution in [0.4, 0.5) is 18.9 Å². The predicted molar refractivity (Wildman–Crippen MR) is 110 cm³/mol. The highest BCUT2D eigenvalue weighted by Gasteiger charge is 2.38. The van der Waals surface area contributed by atoms with E-state index in [4.69, 9.17) is 20.8 Å². The van der Waals surface area contributed by atoms with E-state index < -0.39 is 27.7 Å². The number of rotatable bonds is 9. The van der Waals surface area contributed by atoms with Crippen LogP contribution in [0.2, 0.25) is 5.02 Å². The second-order valence-corrected chi connectivity index (χ2v) is 7.24. The summed E-state index contributed by atoms with van der Waals surface area (Å²) in [7, 11) is 0. The maximum absolute atomic E-state index is 12.9. The Hall–Kier alpha value is -3.54. The van der Waals surface area contributed by atoms with Crippen molar-refractivity contribution in [2.45, 2.75) is 32.7 Å². The van der Waals surface area contributed by atoms with E-state index in [9.17, 15) is 28.1 Å². The Morgan fingerprint density at radius 3 is 2.70 bits per heavy atom. The predicted octanol–water partition coefficient (Wildman–Crippen LogP) is 4.76. The number of hydrogen-bond acceptors (Lipinski definition) is 6. The molecular weight excluding hydrogens is 469 g/mol. The van der Waals surface area contributed by atoms with Gasteiger partial charge in [-0.2, -0.15) is 18.3 Å². The Morgan fingerprint density at radius 1 is 1.30 bits per heavy atom. The number of halogens is 4. The van der Waals surface area contributed by atoms with Gasteiger partial charge in [-0.15, -0.1) is 0 Å². The molecule has 0 saturated heterocycles. The molecule has 3 rings (SSSR count). The van der Waals surface area contributed by atoms with Crippen LogP contribution in [0.5, 0.6) is 5.75 Å². The number of nitrogens with zero attached hydrogens (tertiary/aromatic N) is 3. The molecule has 0 unspecified atom stereocenters. The average molecular weight is 487 g/mol. The van der Waals surface area contributed by atoms with Crippen LogP contribution in [-0.2, 0) is 19.3 Å². The normalized spacial score (nSPS) is 11.4. The molecule has 1 aromatic carbocycles. The lowest BCUT2D eigenvalue weighted by atomic mass is 10.3. The first-order chi connectivity index (χ1) is 15.6. The highest BCUT2D eigenvalue weighted by atomic mass is 35.5. The molecule has 0 aliphatic carbocycles. The Balaban J connectivity index is 1.49. The Labute approximate surface area is 190 Å². The third-order valence-electron chi connectivity index (χ3n) is 4.55. The summed E-state index contributed by atoms with van der Waals surface area (Å²) in [6.45, 7) is 1.58. The number of carbonyl (C=O) groups is 1. The molecule has 13 heteroatoms. The van der Waals surface area contributed by atoms with E-state index in [0.29, 0.717) is 6.42 Å². The van der Waals surface area contributed by atoms with Crippen LogP contribution in [0.3, 0.4) is 0 Å². The molecule has 1 amide bonds. The molecule has 0 atom stereocenters. The first kappa shape index (κ1) is 24.1. The van der Waals surface area contributed by atoms with Gasteiger partial charge in [0.05, 0.1) is 15.6 Å². The number of aromatic nitrogens is 2. The van der Waals surface area contributed by atoms with Crippen molar-refractivity contribution in [2.75, 3.05) is 6.54 Å². The topological polar surface area (TPSA) is 112 Å². The minimum Gasteiger partial charge on any atom is -0.479 e. The monoisotopic (exact) mass is 486 g/mol. The molecule has 9 nitrogen and oxygen atoms in total. The van der Waals surface area contributed by atoms with E-state index >= 15 is 0 Å². The summed E-state index contributed by atoms with van der Waals surface area (Å²) in [5.74, 6) is -0.195. The summed E-state index contributed by atoms with van der Waals surface area (Å²) in [5, 5.41) is 16.6. The molecule has 0 aliphatic rings. The van der Waals surface area contributed by atoms with Gasteiger partial charge < -0.3 is 14.5 Å². The van der Waals surface area contributed by atoms with Crippen LogP contribution < -0.4 is 10.1 Å². The molecule has 1 N–H and O–H groups in total. The smallest absolute Gasteiger partial charge is 0.436 e. The third kappa shape index (κ3) is 5.83. The molecule has 2 aromatic heterocycles. The Morgan fingerprint density at radius 2 is 2.03 bits per heavy atom. The maximum Gasteiger partial charge on any atom is 0.436 e. The summed E-state index contributed by atoms with van der Waals surface area (Å²) < 4.78 is 50.5. The number of alkyl halides is 3. The number of hydrogen-bond donors (Lipinski definition) is 1. The minimum atomic E-state index is -4.65. The van der Waals surface area contributed by atoms with Crippen molar-refractivity contribution in [2.24, 2.45) is 0 Å². The van der Waals surface area contributed by atoms with Crippen LogP contribution in [-0.4, -0.2) is 27.2 Å². The van der Waals surface area contributed by atoms with Gasteiger partial charge in [0.25, 0.3) is 5.91 Å². The van der Waals surface area contributed by atoms with Gasteiger partial charge in [-0.1, -0.05) is 23.7 Å². The fourth-order valence-corrected chi connectivity index (χ4v) is 3.14. The molecule has 3 aromatic rings. The lowest BCUT2D eigenvalue weighted by molar-refractivity contribution is -0.386. The van der Waals surface area contributed by atoms with Gasteiger partial charge in [0.15, 0.2) is 17.2 Å². The van der Waals surface area contributed by atoms with Gasteiger partial charge in [-0.3, -0.25) is 19.6 Å². The maximum atomic E-state index is 12.9. The lowest BCUT2D eigenvalue weighted by Gasteiger charge is -2.06. The molecule has 0 saturated carbocycles. The Bertz CT molecular complexity index is 1160. The number of nitro groups is 1. The zero-order valence-corrected chi connectivity index (χ0v) is 17.9. The molecule has 2 heterocycles. The van der Waals surface area contributed by atoms with E-state index in [0.717, 1.165) is 4.68 Å². The number of nitrogens with one attached hydrogen (secondary N) is 1. The van der Waals surface area contributed by atoms with E-state index in [2.05, 4.69) is 10.4 Å². The van der Waals surface area contributed by atoms with Crippen LogP contribution in [0, 0.1) is 17.0 Å². The highest BCUT2D eigenvalue weighted by Crippen LogP contribution is 2.35. The average Bonchev–Trinajstić information content (AvgIpc) is 3.35. The summed E-state index contributed by atoms with van der Waals surface area (Å²) in [4.78, 5) is 22.7. The second kappa shape index (κ2) is 9.94. The van der Waals surface area contributed by atoms with Gasteiger partial charge >= 0.3 is 11.9 Å². The number of benzene rings is 1. The number of para-hydroxylation sites is 2. The van der Waals surface area contributed by atoms with Crippen LogP contribution in [0.15, 0.2) is 40.8 Å². The largest absolute Gasteiger partial charge is 0.479 e. The molecule has 0 spiro atoms. The standard InChI is InChI=1S/C20H18ClF3N4O5/c1-12-17(21)18(20(22,23)24)26-27(12)10-4-9-25-19(29)16-8-7-13(33-16)11-32-15-6-3-2-5-14(15)28(30)31/h2-3,5-8H,4,9-11H2,1H3,(H,25,29). The molecule has 0 fully saturated rings. The molecule has 0 radical (unpaired) electrons. The number of amides is 1. The van der Waals surface area contributed by atoms with Gasteiger partial charge in [0.1, 0.15) is 12.4 Å². The van der Waals surface area contributed by atoms with E-state index in [-0.39, 0.29) is 48.3 Å². The number of carbonyl (C=O) groups excluding carboxylic acids is 1. The van der Waals surface area contributed by atoms with Crippen molar-refractivity contribution < 1.29 is 32.0 Å². The second-order valence-electron chi connectivity index (χ2n) is 6.86. The molecule has 0 bridgehead atoms. The van der Waals surface area contributed by atoms with Gasteiger partial charge in [-0.25, -0.2) is 0 Å². The summed E-state index contributed by atoms with van der Waals surface area (Å²) in [6, 6.07) is 8.77. The first-order valence-corrected chi connectivity index (χ1v) is 9.99. The number of aryl methyl sites for hydroxylation is 1. The first-order valence-electron chi connectivity index (χ1n) is 9.61. The summed E-state index contributed by atoms with van der Waals surface area (Å²) in [6.07, 6.45) is -4.34. The van der Waals surface area contributed by atoms with Crippen molar-refractivity contribution in [1.82, 2.24) is 15.1 Å². The van der Waals surface area contributed by atoms with Gasteiger partial charge in [-0.05, 0) is 31.5 Å². The van der Waals surface area contributed by atoms with Crippen molar-refractivity contribution in [1.29, 1.82) is 0 Å². The summed E-state index contributed by atoms with van der Waals surface area (Å²) >= 11 is 5.70. The van der Waals surface area contributed by atoms with Gasteiger partial charge in [0, 0.05) is 19.2 Å². The molecule has 0 aliphatic heterocycles. The van der Waals surface area contributed by atoms with Crippen LogP contribution in [0.25, 0.3) is 0 Å². The van der Waals surface area contributed by atoms with Crippen molar-refractivity contribution in [3.8, 4) is 5.75 Å². The van der Waals surface area contributed by atoms with Crippen molar-refractivity contribution in [3.05, 3.63) is 74.4 Å². The Kier molecular flexibility index (Phi) is 7.26. The zero-order valence-electron chi connectivity index (χ0n) is 17.2. The molecule has 33 heavy (non-hydrogen) atoms. The van der Waals surface area contributed by atoms with Crippen molar-refractivity contribution in [3.63, 3.8) is 0 Å². The highest BCUT2D eigenvalue weighted by molar-refractivity contribution is 6.31. The fourth-order valence-electron chi connectivity index (χ4n) is 2.90. The number of ether oxygens (including phenoxy) is 1. The van der Waals surface area contributed by atoms with E-state index in [1.54, 1.807) is 6.07 Å². The zero-order chi connectivity index (χ0) is 24.2. The van der Waals surface area contributed by atoms with Crippen molar-refractivity contribution >= 4 is 23.2 Å². The summed E-state index contributed by atoms with van der Waals surface area (Å²) in [5.41, 5.74) is -1.15. The van der Waals surface area contributed by atoms with E-state index in [1.807, 2.05) is 0 Å². The van der Waals surface area contributed by atoms with Gasteiger partial charge in [0.2, 0.25) is 0 Å². The van der Waals surface area contributed by atoms with E-state index in [1.165, 1.54) is 37.3 Å². The fraction of sp³-hybridized carbons (Fsp3) is 0.300. The third-order valence-corrected chi connectivity index (χ3v) is 5.00. The van der Waals surface area contributed by atoms with Crippen LogP contribution in [0.1, 0.15) is 34.1 Å². The van der Waals surface area contributed by atoms with Crippen LogP contribution >= 0.6 is 11.6 Å². The lowest BCUT2D eigenvalue weighted by Crippen LogP contribution is -2.25. The number of nitro benzene ring substituents is 1. The quantitative estimate of drug-likeness (QED) is 0.265. The molecular formula is C20H18ClF3N4O5. The minimum absolute atomic E-state index is 0.00571. The SMILES string of the molecule is Cc1c(Cl)c(C(F)(F)F)nn1CCCNC(=O)c1ccc(COc2ccccc2[N+](=O)[O-])o1. The number of furan rings is 1.